The van der Waals surface area contributed by atoms with Crippen molar-refractivity contribution in [2.45, 2.75) is 31.9 Å². The summed E-state index contributed by atoms with van der Waals surface area (Å²) in [6.07, 6.45) is 4.51. The summed E-state index contributed by atoms with van der Waals surface area (Å²) in [5.41, 5.74) is 8.21. The molecule has 2 unspecified atom stereocenters. The molecule has 4 heteroatoms. The molecular formula is C17H24N2O2. The van der Waals surface area contributed by atoms with E-state index in [0.29, 0.717) is 12.6 Å². The van der Waals surface area contributed by atoms with Crippen LogP contribution < -0.4 is 5.73 Å². The van der Waals surface area contributed by atoms with Crippen molar-refractivity contribution in [3.05, 3.63) is 36.1 Å². The number of nitrogens with zero attached hydrogens (tertiary/aromatic N) is 1. The Hall–Kier alpha value is -1.36. The maximum absolute atomic E-state index is 6.08. The van der Waals surface area contributed by atoms with Crippen molar-refractivity contribution in [3.63, 3.8) is 0 Å². The molecule has 2 heterocycles. The number of furan rings is 1. The van der Waals surface area contributed by atoms with Crippen molar-refractivity contribution >= 4 is 11.0 Å². The minimum atomic E-state index is 0.205. The number of hydrogen-bond donors (Lipinski definition) is 1. The van der Waals surface area contributed by atoms with Crippen molar-refractivity contribution in [1.29, 1.82) is 0 Å². The summed E-state index contributed by atoms with van der Waals surface area (Å²) in [6, 6.07) is 8.37. The number of nitrogens with two attached hydrogens (primary N) is 1. The van der Waals surface area contributed by atoms with Gasteiger partial charge in [-0.2, -0.15) is 0 Å². The lowest BCUT2D eigenvalue weighted by Crippen LogP contribution is -2.44. The molecule has 1 aromatic heterocycles. The van der Waals surface area contributed by atoms with Crippen LogP contribution in [0.1, 0.15) is 31.4 Å². The van der Waals surface area contributed by atoms with Gasteiger partial charge in [-0.3, -0.25) is 4.90 Å². The van der Waals surface area contributed by atoms with E-state index in [1.165, 1.54) is 10.9 Å². The third kappa shape index (κ3) is 2.98. The van der Waals surface area contributed by atoms with Gasteiger partial charge in [0.1, 0.15) is 5.58 Å². The minimum absolute atomic E-state index is 0.205. The van der Waals surface area contributed by atoms with E-state index in [0.717, 1.165) is 38.1 Å². The molecule has 0 spiro atoms. The number of hydrogen-bond acceptors (Lipinski definition) is 4. The number of rotatable bonds is 5. The van der Waals surface area contributed by atoms with Crippen LogP contribution in [0.3, 0.4) is 0 Å². The first-order chi connectivity index (χ1) is 10.3. The van der Waals surface area contributed by atoms with Crippen molar-refractivity contribution < 1.29 is 9.15 Å². The van der Waals surface area contributed by atoms with Crippen LogP contribution in [0.5, 0.6) is 0 Å². The average molecular weight is 288 g/mol. The van der Waals surface area contributed by atoms with Gasteiger partial charge in [-0.15, -0.1) is 0 Å². The fourth-order valence-electron chi connectivity index (χ4n) is 3.35. The average Bonchev–Trinajstić information content (AvgIpc) is 2.93. The Kier molecular flexibility index (Phi) is 4.58. The zero-order valence-electron chi connectivity index (χ0n) is 12.6. The maximum atomic E-state index is 6.08. The number of piperidine rings is 1. The normalized spacial score (nSPS) is 21.7. The highest BCUT2D eigenvalue weighted by Gasteiger charge is 2.28. The first-order valence-corrected chi connectivity index (χ1v) is 7.85. The Balaban J connectivity index is 1.84. The molecule has 114 valence electrons. The van der Waals surface area contributed by atoms with Crippen LogP contribution in [0.4, 0.5) is 0 Å². The van der Waals surface area contributed by atoms with Crippen LogP contribution in [0.15, 0.2) is 34.9 Å². The summed E-state index contributed by atoms with van der Waals surface area (Å²) < 4.78 is 11.5. The maximum Gasteiger partial charge on any atom is 0.134 e. The number of benzene rings is 1. The van der Waals surface area contributed by atoms with Crippen molar-refractivity contribution in [2.24, 2.45) is 5.73 Å². The number of fused-ring (bicyclic) bond motifs is 1. The van der Waals surface area contributed by atoms with Gasteiger partial charge in [0, 0.05) is 30.6 Å². The summed E-state index contributed by atoms with van der Waals surface area (Å²) in [7, 11) is 0. The molecular weight excluding hydrogens is 264 g/mol. The van der Waals surface area contributed by atoms with Gasteiger partial charge >= 0.3 is 0 Å². The molecule has 0 bridgehead atoms. The van der Waals surface area contributed by atoms with Crippen molar-refractivity contribution in [1.82, 2.24) is 4.90 Å². The molecule has 1 fully saturated rings. The van der Waals surface area contributed by atoms with E-state index in [9.17, 15) is 0 Å². The summed E-state index contributed by atoms with van der Waals surface area (Å²) in [5.74, 6) is 0. The van der Waals surface area contributed by atoms with E-state index in [1.54, 1.807) is 0 Å². The Bertz CT molecular complexity index is 579. The van der Waals surface area contributed by atoms with Crippen LogP contribution in [-0.2, 0) is 4.74 Å². The number of likely N-dealkylation sites (tertiary alicyclic amines) is 1. The Labute approximate surface area is 125 Å². The fourth-order valence-corrected chi connectivity index (χ4v) is 3.35. The molecule has 4 nitrogen and oxygen atoms in total. The van der Waals surface area contributed by atoms with Gasteiger partial charge < -0.3 is 14.9 Å². The molecule has 0 saturated carbocycles. The van der Waals surface area contributed by atoms with Crippen molar-refractivity contribution in [3.8, 4) is 0 Å². The van der Waals surface area contributed by atoms with Crippen LogP contribution in [0.25, 0.3) is 11.0 Å². The van der Waals surface area contributed by atoms with Gasteiger partial charge in [0.25, 0.3) is 0 Å². The summed E-state index contributed by atoms with van der Waals surface area (Å²) in [4.78, 5) is 2.45. The van der Waals surface area contributed by atoms with Crippen molar-refractivity contribution in [2.75, 3.05) is 26.2 Å². The standard InChI is InChI=1S/C17H24N2O2/c1-2-20-13-6-5-9-19(11-13)16(10-18)15-12-21-17-8-4-3-7-14(15)17/h3-4,7-8,12-13,16H,2,5-6,9-11,18H2,1H3. The Morgan fingerprint density at radius 1 is 1.43 bits per heavy atom. The molecule has 21 heavy (non-hydrogen) atoms. The first kappa shape index (κ1) is 14.6. The van der Waals surface area contributed by atoms with E-state index in [1.807, 2.05) is 24.5 Å². The quantitative estimate of drug-likeness (QED) is 0.919. The van der Waals surface area contributed by atoms with E-state index < -0.39 is 0 Å². The number of ether oxygens (including phenoxy) is 1. The predicted octanol–water partition coefficient (Wildman–Crippen LogP) is 2.93. The van der Waals surface area contributed by atoms with Gasteiger partial charge in [0.05, 0.1) is 18.4 Å². The lowest BCUT2D eigenvalue weighted by Gasteiger charge is -2.37. The highest BCUT2D eigenvalue weighted by molar-refractivity contribution is 5.81. The second kappa shape index (κ2) is 6.60. The van der Waals surface area contributed by atoms with E-state index >= 15 is 0 Å². The van der Waals surface area contributed by atoms with Gasteiger partial charge in [-0.1, -0.05) is 18.2 Å². The molecule has 2 N–H and O–H groups in total. The topological polar surface area (TPSA) is 51.6 Å². The smallest absolute Gasteiger partial charge is 0.134 e. The van der Waals surface area contributed by atoms with Crippen LogP contribution >= 0.6 is 0 Å². The minimum Gasteiger partial charge on any atom is -0.464 e. The van der Waals surface area contributed by atoms with Gasteiger partial charge in [-0.05, 0) is 32.4 Å². The van der Waals surface area contributed by atoms with E-state index in [-0.39, 0.29) is 6.04 Å². The lowest BCUT2D eigenvalue weighted by molar-refractivity contribution is -0.00651. The molecule has 1 saturated heterocycles. The SMILES string of the molecule is CCOC1CCCN(C(CN)c2coc3ccccc23)C1. The zero-order chi connectivity index (χ0) is 14.7. The third-order valence-corrected chi connectivity index (χ3v) is 4.35. The summed E-state index contributed by atoms with van der Waals surface area (Å²) in [6.45, 7) is 5.46. The Morgan fingerprint density at radius 2 is 2.29 bits per heavy atom. The molecule has 0 radical (unpaired) electrons. The van der Waals surface area contributed by atoms with Crippen LogP contribution in [0.2, 0.25) is 0 Å². The molecule has 1 aliphatic rings. The van der Waals surface area contributed by atoms with Crippen LogP contribution in [0, 0.1) is 0 Å². The largest absolute Gasteiger partial charge is 0.464 e. The molecule has 0 amide bonds. The monoisotopic (exact) mass is 288 g/mol. The molecule has 0 aliphatic carbocycles. The second-order valence-corrected chi connectivity index (χ2v) is 5.65. The van der Waals surface area contributed by atoms with Crippen LogP contribution in [-0.4, -0.2) is 37.2 Å². The lowest BCUT2D eigenvalue weighted by atomic mass is 10.00. The Morgan fingerprint density at radius 3 is 3.10 bits per heavy atom. The summed E-state index contributed by atoms with van der Waals surface area (Å²) in [5, 5.41) is 1.17. The molecule has 1 aromatic carbocycles. The van der Waals surface area contributed by atoms with Gasteiger partial charge in [-0.25, -0.2) is 0 Å². The molecule has 1 aliphatic heterocycles. The molecule has 2 atom stereocenters. The van der Waals surface area contributed by atoms with Gasteiger partial charge in [0.15, 0.2) is 0 Å². The number of para-hydroxylation sites is 1. The summed E-state index contributed by atoms with van der Waals surface area (Å²) >= 11 is 0. The fraction of sp³-hybridized carbons (Fsp3) is 0.529. The highest BCUT2D eigenvalue weighted by Crippen LogP contribution is 2.31. The highest BCUT2D eigenvalue weighted by atomic mass is 16.5. The predicted molar refractivity (Wildman–Crippen MR) is 84.2 cm³/mol. The van der Waals surface area contributed by atoms with E-state index in [4.69, 9.17) is 14.9 Å². The second-order valence-electron chi connectivity index (χ2n) is 5.65. The molecule has 2 aromatic rings. The van der Waals surface area contributed by atoms with Gasteiger partial charge in [0.2, 0.25) is 0 Å². The zero-order valence-corrected chi connectivity index (χ0v) is 12.6. The third-order valence-electron chi connectivity index (χ3n) is 4.35. The van der Waals surface area contributed by atoms with E-state index in [2.05, 4.69) is 17.9 Å². The first-order valence-electron chi connectivity index (χ1n) is 7.85. The molecule has 3 rings (SSSR count).